The molecule has 0 saturated carbocycles. The summed E-state index contributed by atoms with van der Waals surface area (Å²) in [7, 11) is 3.20. The maximum atomic E-state index is 13.5. The van der Waals surface area contributed by atoms with E-state index in [9.17, 15) is 9.59 Å². The number of carbonyl (C=O) groups excluding carboxylic acids is 2. The summed E-state index contributed by atoms with van der Waals surface area (Å²) in [6.45, 7) is 1.73. The van der Waals surface area contributed by atoms with Crippen molar-refractivity contribution in [1.82, 2.24) is 4.90 Å². The standard InChI is InChI=1S/C22H23ClN2O4/c1-28-13-11-24(12-14-29-2)20-19(16-7-4-3-5-8-16)21(26)25(22(20)27)18-10-6-9-17(23)15-18/h3-10,15H,11-14H2,1-2H3. The summed E-state index contributed by atoms with van der Waals surface area (Å²) in [4.78, 5) is 29.9. The number of imide groups is 1. The normalized spacial score (nSPS) is 14.1. The predicted octanol–water partition coefficient (Wildman–Crippen LogP) is 3.22. The van der Waals surface area contributed by atoms with Crippen molar-refractivity contribution in [3.63, 3.8) is 0 Å². The van der Waals surface area contributed by atoms with Gasteiger partial charge in [0.2, 0.25) is 0 Å². The zero-order chi connectivity index (χ0) is 20.8. The van der Waals surface area contributed by atoms with Crippen molar-refractivity contribution in [3.05, 3.63) is 70.9 Å². The molecule has 1 heterocycles. The Hall–Kier alpha value is -2.67. The number of halogens is 1. The molecule has 152 valence electrons. The molecule has 7 heteroatoms. The molecule has 0 fully saturated rings. The number of amides is 2. The number of ether oxygens (including phenoxy) is 2. The molecule has 2 aromatic carbocycles. The van der Waals surface area contributed by atoms with Crippen molar-refractivity contribution in [2.45, 2.75) is 0 Å². The summed E-state index contributed by atoms with van der Waals surface area (Å²) in [6.07, 6.45) is 0. The van der Waals surface area contributed by atoms with Crippen LogP contribution in [0.4, 0.5) is 5.69 Å². The zero-order valence-corrected chi connectivity index (χ0v) is 17.2. The highest BCUT2D eigenvalue weighted by atomic mass is 35.5. The predicted molar refractivity (Wildman–Crippen MR) is 113 cm³/mol. The third-order valence-electron chi connectivity index (χ3n) is 4.64. The molecule has 2 amide bonds. The van der Waals surface area contributed by atoms with Crippen molar-refractivity contribution >= 4 is 34.7 Å². The minimum atomic E-state index is -0.386. The molecule has 1 aliphatic heterocycles. The number of carbonyl (C=O) groups is 2. The highest BCUT2D eigenvalue weighted by Crippen LogP contribution is 2.35. The number of rotatable bonds is 9. The molecule has 0 aromatic heterocycles. The number of anilines is 1. The second-order valence-corrected chi connectivity index (χ2v) is 6.92. The van der Waals surface area contributed by atoms with Gasteiger partial charge in [-0.25, -0.2) is 4.90 Å². The maximum Gasteiger partial charge on any atom is 0.282 e. The molecule has 0 atom stereocenters. The summed E-state index contributed by atoms with van der Waals surface area (Å²) < 4.78 is 10.4. The number of nitrogens with zero attached hydrogens (tertiary/aromatic N) is 2. The van der Waals surface area contributed by atoms with Gasteiger partial charge in [-0.3, -0.25) is 9.59 Å². The molecule has 0 bridgehead atoms. The highest BCUT2D eigenvalue weighted by Gasteiger charge is 2.42. The van der Waals surface area contributed by atoms with Crippen LogP contribution < -0.4 is 4.90 Å². The van der Waals surface area contributed by atoms with E-state index in [0.29, 0.717) is 53.8 Å². The molecule has 29 heavy (non-hydrogen) atoms. The van der Waals surface area contributed by atoms with E-state index in [1.807, 2.05) is 35.2 Å². The van der Waals surface area contributed by atoms with E-state index >= 15 is 0 Å². The third-order valence-corrected chi connectivity index (χ3v) is 4.87. The van der Waals surface area contributed by atoms with E-state index in [1.54, 1.807) is 38.5 Å². The topological polar surface area (TPSA) is 59.1 Å². The fourth-order valence-corrected chi connectivity index (χ4v) is 3.45. The van der Waals surface area contributed by atoms with Gasteiger partial charge in [0.25, 0.3) is 11.8 Å². The average Bonchev–Trinajstić information content (AvgIpc) is 2.99. The van der Waals surface area contributed by atoms with Gasteiger partial charge in [0.15, 0.2) is 0 Å². The Kier molecular flexibility index (Phi) is 7.04. The first-order valence-electron chi connectivity index (χ1n) is 9.25. The molecule has 6 nitrogen and oxygen atoms in total. The van der Waals surface area contributed by atoms with E-state index in [4.69, 9.17) is 21.1 Å². The molecule has 2 aromatic rings. The quantitative estimate of drug-likeness (QED) is 0.590. The van der Waals surface area contributed by atoms with Crippen LogP contribution in [0.5, 0.6) is 0 Å². The molecule has 0 unspecified atom stereocenters. The van der Waals surface area contributed by atoms with E-state index < -0.39 is 0 Å². The van der Waals surface area contributed by atoms with Crippen molar-refractivity contribution in [2.24, 2.45) is 0 Å². The lowest BCUT2D eigenvalue weighted by Gasteiger charge is -2.25. The molecule has 3 rings (SSSR count). The van der Waals surface area contributed by atoms with Gasteiger partial charge in [-0.05, 0) is 23.8 Å². The SMILES string of the molecule is COCCN(CCOC)C1=C(c2ccccc2)C(=O)N(c2cccc(Cl)c2)C1=O. The van der Waals surface area contributed by atoms with Gasteiger partial charge in [0.1, 0.15) is 5.70 Å². The monoisotopic (exact) mass is 414 g/mol. The van der Waals surface area contributed by atoms with Gasteiger partial charge in [0, 0.05) is 32.3 Å². The Morgan fingerprint density at radius 3 is 2.14 bits per heavy atom. The molecule has 0 N–H and O–H groups in total. The molecule has 0 aliphatic carbocycles. The van der Waals surface area contributed by atoms with Gasteiger partial charge < -0.3 is 14.4 Å². The van der Waals surface area contributed by atoms with E-state index in [2.05, 4.69) is 0 Å². The Bertz CT molecular complexity index is 906. The van der Waals surface area contributed by atoms with Gasteiger partial charge in [-0.2, -0.15) is 0 Å². The lowest BCUT2D eigenvalue weighted by Crippen LogP contribution is -2.37. The fourth-order valence-electron chi connectivity index (χ4n) is 3.26. The first kappa shape index (κ1) is 21.0. The van der Waals surface area contributed by atoms with Gasteiger partial charge in [-0.1, -0.05) is 48.0 Å². The van der Waals surface area contributed by atoms with Crippen LogP contribution in [-0.4, -0.2) is 57.2 Å². The lowest BCUT2D eigenvalue weighted by molar-refractivity contribution is -0.120. The Balaban J connectivity index is 2.11. The summed E-state index contributed by atoms with van der Waals surface area (Å²) in [5, 5.41) is 0.452. The summed E-state index contributed by atoms with van der Waals surface area (Å²) >= 11 is 6.10. The second kappa shape index (κ2) is 9.69. The molecular formula is C22H23ClN2O4. The Labute approximate surface area is 175 Å². The van der Waals surface area contributed by atoms with Crippen molar-refractivity contribution in [2.75, 3.05) is 45.4 Å². The van der Waals surface area contributed by atoms with E-state index in [0.717, 1.165) is 0 Å². The largest absolute Gasteiger partial charge is 0.383 e. The van der Waals surface area contributed by atoms with Gasteiger partial charge in [0.05, 0.1) is 24.5 Å². The smallest absolute Gasteiger partial charge is 0.282 e. The second-order valence-electron chi connectivity index (χ2n) is 6.49. The van der Waals surface area contributed by atoms with Crippen LogP contribution in [0.25, 0.3) is 5.57 Å². The Morgan fingerprint density at radius 1 is 0.897 bits per heavy atom. The maximum absolute atomic E-state index is 13.5. The fraction of sp³-hybridized carbons (Fsp3) is 0.273. The van der Waals surface area contributed by atoms with Crippen LogP contribution in [0, 0.1) is 0 Å². The molecular weight excluding hydrogens is 392 g/mol. The van der Waals surface area contributed by atoms with Crippen LogP contribution in [-0.2, 0) is 19.1 Å². The molecule has 0 spiro atoms. The summed E-state index contributed by atoms with van der Waals surface area (Å²) in [5.74, 6) is -0.762. The zero-order valence-electron chi connectivity index (χ0n) is 16.4. The number of hydrogen-bond donors (Lipinski definition) is 0. The minimum Gasteiger partial charge on any atom is -0.383 e. The number of hydrogen-bond acceptors (Lipinski definition) is 5. The van der Waals surface area contributed by atoms with E-state index in [-0.39, 0.29) is 11.8 Å². The molecule has 0 radical (unpaired) electrons. The van der Waals surface area contributed by atoms with Crippen LogP contribution >= 0.6 is 11.6 Å². The van der Waals surface area contributed by atoms with Crippen molar-refractivity contribution < 1.29 is 19.1 Å². The minimum absolute atomic E-state index is 0.343. The first-order valence-corrected chi connectivity index (χ1v) is 9.63. The van der Waals surface area contributed by atoms with Gasteiger partial charge >= 0.3 is 0 Å². The van der Waals surface area contributed by atoms with E-state index in [1.165, 1.54) is 4.90 Å². The Morgan fingerprint density at radius 2 is 1.55 bits per heavy atom. The molecule has 1 aliphatic rings. The van der Waals surface area contributed by atoms with Crippen LogP contribution in [0.1, 0.15) is 5.56 Å². The van der Waals surface area contributed by atoms with Crippen LogP contribution in [0.3, 0.4) is 0 Å². The highest BCUT2D eigenvalue weighted by molar-refractivity contribution is 6.45. The number of benzene rings is 2. The van der Waals surface area contributed by atoms with Crippen molar-refractivity contribution in [1.29, 1.82) is 0 Å². The summed E-state index contributed by atoms with van der Waals surface area (Å²) in [6, 6.07) is 15.9. The third kappa shape index (κ3) is 4.50. The average molecular weight is 415 g/mol. The number of methoxy groups -OCH3 is 2. The first-order chi connectivity index (χ1) is 14.1. The van der Waals surface area contributed by atoms with Gasteiger partial charge in [-0.15, -0.1) is 0 Å². The molecule has 0 saturated heterocycles. The van der Waals surface area contributed by atoms with Crippen molar-refractivity contribution in [3.8, 4) is 0 Å². The van der Waals surface area contributed by atoms with Crippen LogP contribution in [0.15, 0.2) is 60.3 Å². The van der Waals surface area contributed by atoms with Crippen LogP contribution in [0.2, 0.25) is 5.02 Å². The lowest BCUT2D eigenvalue weighted by atomic mass is 10.0. The summed E-state index contributed by atoms with van der Waals surface area (Å²) in [5.41, 5.74) is 1.83.